The number of fused-ring (bicyclic) bond motifs is 2. The van der Waals surface area contributed by atoms with Crippen molar-refractivity contribution in [1.29, 1.82) is 0 Å². The molecule has 0 aliphatic carbocycles. The first-order valence-electron chi connectivity index (χ1n) is 7.56. The lowest BCUT2D eigenvalue weighted by Crippen LogP contribution is -2.31. The molecule has 1 aliphatic heterocycles. The highest BCUT2D eigenvalue weighted by Gasteiger charge is 2.19. The highest BCUT2D eigenvalue weighted by molar-refractivity contribution is 5.78. The maximum atomic E-state index is 4.80. The summed E-state index contributed by atoms with van der Waals surface area (Å²) >= 11 is 0. The van der Waals surface area contributed by atoms with Crippen LogP contribution in [-0.4, -0.2) is 11.5 Å². The summed E-state index contributed by atoms with van der Waals surface area (Å²) < 4.78 is 0. The zero-order chi connectivity index (χ0) is 14.1. The number of nitrogens with one attached hydrogen (secondary N) is 1. The van der Waals surface area contributed by atoms with E-state index in [1.54, 1.807) is 0 Å². The van der Waals surface area contributed by atoms with Gasteiger partial charge in [0.2, 0.25) is 0 Å². The summed E-state index contributed by atoms with van der Waals surface area (Å²) in [5, 5.41) is 4.84. The van der Waals surface area contributed by atoms with Gasteiger partial charge in [-0.15, -0.1) is 0 Å². The Kier molecular flexibility index (Phi) is 3.17. The molecule has 4 rings (SSSR count). The molecule has 1 unspecified atom stereocenters. The molecule has 1 atom stereocenters. The SMILES string of the molecule is c1ccc2c(c1)CCNC2Cc1ccc2ccccc2n1. The third-order valence-corrected chi connectivity index (χ3v) is 4.28. The van der Waals surface area contributed by atoms with Crippen molar-refractivity contribution in [2.24, 2.45) is 0 Å². The van der Waals surface area contributed by atoms with Crippen LogP contribution in [0.2, 0.25) is 0 Å². The molecule has 2 heteroatoms. The van der Waals surface area contributed by atoms with Crippen LogP contribution in [-0.2, 0) is 12.8 Å². The van der Waals surface area contributed by atoms with Crippen LogP contribution < -0.4 is 5.32 Å². The van der Waals surface area contributed by atoms with Gasteiger partial charge in [-0.25, -0.2) is 0 Å². The maximum Gasteiger partial charge on any atom is 0.0705 e. The number of hydrogen-bond donors (Lipinski definition) is 1. The molecule has 1 aromatic heterocycles. The number of para-hydroxylation sites is 1. The van der Waals surface area contributed by atoms with Gasteiger partial charge in [0.1, 0.15) is 0 Å². The molecular formula is C19H18N2. The first kappa shape index (κ1) is 12.5. The van der Waals surface area contributed by atoms with Gasteiger partial charge >= 0.3 is 0 Å². The summed E-state index contributed by atoms with van der Waals surface area (Å²) in [4.78, 5) is 4.80. The standard InChI is InChI=1S/C19H18N2/c1-3-7-17-14(5-1)11-12-20-19(17)13-16-10-9-15-6-2-4-8-18(15)21-16/h1-10,19-20H,11-13H2. The van der Waals surface area contributed by atoms with Crippen molar-refractivity contribution in [3.8, 4) is 0 Å². The van der Waals surface area contributed by atoms with Crippen molar-refractivity contribution >= 4 is 10.9 Å². The van der Waals surface area contributed by atoms with Crippen LogP contribution >= 0.6 is 0 Å². The van der Waals surface area contributed by atoms with Gasteiger partial charge in [0.15, 0.2) is 0 Å². The number of rotatable bonds is 2. The van der Waals surface area contributed by atoms with E-state index in [4.69, 9.17) is 4.98 Å². The van der Waals surface area contributed by atoms with Crippen molar-refractivity contribution < 1.29 is 0 Å². The molecule has 2 aromatic carbocycles. The first-order valence-corrected chi connectivity index (χ1v) is 7.56. The van der Waals surface area contributed by atoms with Crippen molar-refractivity contribution in [2.75, 3.05) is 6.54 Å². The highest BCUT2D eigenvalue weighted by atomic mass is 14.9. The maximum absolute atomic E-state index is 4.80. The Morgan fingerprint density at radius 2 is 1.81 bits per heavy atom. The fourth-order valence-electron chi connectivity index (χ4n) is 3.21. The van der Waals surface area contributed by atoms with E-state index < -0.39 is 0 Å². The van der Waals surface area contributed by atoms with Crippen LogP contribution in [0.5, 0.6) is 0 Å². The molecule has 104 valence electrons. The van der Waals surface area contributed by atoms with E-state index in [2.05, 4.69) is 59.9 Å². The number of nitrogens with zero attached hydrogens (tertiary/aromatic N) is 1. The predicted molar refractivity (Wildman–Crippen MR) is 86.3 cm³/mol. The molecule has 2 heterocycles. The Morgan fingerprint density at radius 3 is 2.81 bits per heavy atom. The quantitative estimate of drug-likeness (QED) is 0.771. The zero-order valence-electron chi connectivity index (χ0n) is 11.9. The zero-order valence-corrected chi connectivity index (χ0v) is 11.9. The molecule has 2 nitrogen and oxygen atoms in total. The van der Waals surface area contributed by atoms with Gasteiger partial charge in [-0.2, -0.15) is 0 Å². The average Bonchev–Trinajstić information content (AvgIpc) is 2.55. The molecule has 21 heavy (non-hydrogen) atoms. The van der Waals surface area contributed by atoms with Crippen molar-refractivity contribution in [3.63, 3.8) is 0 Å². The highest BCUT2D eigenvalue weighted by Crippen LogP contribution is 2.25. The van der Waals surface area contributed by atoms with Crippen LogP contribution in [0.15, 0.2) is 60.7 Å². The van der Waals surface area contributed by atoms with Crippen molar-refractivity contribution in [3.05, 3.63) is 77.5 Å². The summed E-state index contributed by atoms with van der Waals surface area (Å²) in [6.07, 6.45) is 2.07. The minimum atomic E-state index is 0.378. The molecule has 1 N–H and O–H groups in total. The Balaban J connectivity index is 1.66. The topological polar surface area (TPSA) is 24.9 Å². The fourth-order valence-corrected chi connectivity index (χ4v) is 3.21. The second-order valence-corrected chi connectivity index (χ2v) is 5.65. The molecule has 0 saturated heterocycles. The van der Waals surface area contributed by atoms with E-state index in [0.29, 0.717) is 6.04 Å². The third kappa shape index (κ3) is 2.43. The van der Waals surface area contributed by atoms with E-state index in [1.165, 1.54) is 16.5 Å². The molecule has 0 radical (unpaired) electrons. The van der Waals surface area contributed by atoms with Crippen LogP contribution in [0, 0.1) is 0 Å². The summed E-state index contributed by atoms with van der Waals surface area (Å²) in [6, 6.07) is 21.8. The lowest BCUT2D eigenvalue weighted by molar-refractivity contribution is 0.499. The molecule has 0 saturated carbocycles. The Labute approximate surface area is 124 Å². The van der Waals surface area contributed by atoms with Crippen molar-refractivity contribution in [2.45, 2.75) is 18.9 Å². The summed E-state index contributed by atoms with van der Waals surface area (Å²) in [5.74, 6) is 0. The second-order valence-electron chi connectivity index (χ2n) is 5.65. The van der Waals surface area contributed by atoms with E-state index >= 15 is 0 Å². The Bertz CT molecular complexity index is 779. The van der Waals surface area contributed by atoms with Gasteiger partial charge < -0.3 is 5.32 Å². The monoisotopic (exact) mass is 274 g/mol. The van der Waals surface area contributed by atoms with Crippen LogP contribution in [0.1, 0.15) is 22.9 Å². The van der Waals surface area contributed by atoms with E-state index in [9.17, 15) is 0 Å². The number of benzene rings is 2. The lowest BCUT2D eigenvalue weighted by atomic mass is 9.91. The predicted octanol–water partition coefficient (Wildman–Crippen LogP) is 3.66. The smallest absolute Gasteiger partial charge is 0.0705 e. The van der Waals surface area contributed by atoms with Crippen LogP contribution in [0.3, 0.4) is 0 Å². The minimum absolute atomic E-state index is 0.378. The normalized spacial score (nSPS) is 17.6. The van der Waals surface area contributed by atoms with Crippen LogP contribution in [0.25, 0.3) is 10.9 Å². The van der Waals surface area contributed by atoms with Gasteiger partial charge in [-0.05, 0) is 36.2 Å². The van der Waals surface area contributed by atoms with Gasteiger partial charge in [0.25, 0.3) is 0 Å². The Morgan fingerprint density at radius 1 is 0.952 bits per heavy atom. The summed E-state index contributed by atoms with van der Waals surface area (Å²) in [6.45, 7) is 1.05. The van der Waals surface area contributed by atoms with Gasteiger partial charge in [0.05, 0.1) is 5.52 Å². The average molecular weight is 274 g/mol. The van der Waals surface area contributed by atoms with Gasteiger partial charge in [0, 0.05) is 23.5 Å². The van der Waals surface area contributed by atoms with Gasteiger partial charge in [-0.3, -0.25) is 4.98 Å². The van der Waals surface area contributed by atoms with E-state index in [-0.39, 0.29) is 0 Å². The van der Waals surface area contributed by atoms with Gasteiger partial charge in [-0.1, -0.05) is 48.5 Å². The first-order chi connectivity index (χ1) is 10.4. The minimum Gasteiger partial charge on any atom is -0.309 e. The van der Waals surface area contributed by atoms with Crippen LogP contribution in [0.4, 0.5) is 0 Å². The molecule has 3 aromatic rings. The number of pyridine rings is 1. The number of aromatic nitrogens is 1. The molecule has 1 aliphatic rings. The molecule has 0 bridgehead atoms. The molecular weight excluding hydrogens is 256 g/mol. The van der Waals surface area contributed by atoms with Crippen molar-refractivity contribution in [1.82, 2.24) is 10.3 Å². The third-order valence-electron chi connectivity index (χ3n) is 4.28. The summed E-state index contributed by atoms with van der Waals surface area (Å²) in [7, 11) is 0. The Hall–Kier alpha value is -2.19. The van der Waals surface area contributed by atoms with E-state index in [1.807, 2.05) is 6.07 Å². The largest absolute Gasteiger partial charge is 0.309 e. The molecule has 0 spiro atoms. The van der Waals surface area contributed by atoms with E-state index in [0.717, 1.165) is 30.6 Å². The summed E-state index contributed by atoms with van der Waals surface area (Å²) in [5.41, 5.74) is 5.14. The lowest BCUT2D eigenvalue weighted by Gasteiger charge is -2.26. The fraction of sp³-hybridized carbons (Fsp3) is 0.211. The molecule has 0 fully saturated rings. The molecule has 0 amide bonds. The number of hydrogen-bond acceptors (Lipinski definition) is 2. The second kappa shape index (κ2) is 5.30.